The lowest BCUT2D eigenvalue weighted by Crippen LogP contribution is -2.13. The Morgan fingerprint density at radius 2 is 1.86 bits per heavy atom. The van der Waals surface area contributed by atoms with Crippen molar-refractivity contribution >= 4 is 38.7 Å². The van der Waals surface area contributed by atoms with Gasteiger partial charge in [-0.3, -0.25) is 0 Å². The van der Waals surface area contributed by atoms with Crippen molar-refractivity contribution < 1.29 is 8.42 Å². The number of aryl methyl sites for hydroxylation is 1. The van der Waals surface area contributed by atoms with E-state index in [-0.39, 0.29) is 11.8 Å². The highest BCUT2D eigenvalue weighted by Crippen LogP contribution is 2.40. The van der Waals surface area contributed by atoms with Gasteiger partial charge in [0.15, 0.2) is 9.84 Å². The molecule has 1 atom stereocenters. The molecule has 110 valence electrons. The number of halogens is 2. The molecular formula is C15H13Cl2NO2S. The lowest BCUT2D eigenvalue weighted by Gasteiger charge is -2.17. The van der Waals surface area contributed by atoms with E-state index in [4.69, 9.17) is 23.2 Å². The lowest BCUT2D eigenvalue weighted by molar-refractivity contribution is 0.598. The summed E-state index contributed by atoms with van der Waals surface area (Å²) in [4.78, 5) is 0.377. The first kappa shape index (κ1) is 14.7. The number of rotatable bonds is 2. The first-order valence-corrected chi connectivity index (χ1v) is 8.84. The zero-order valence-corrected chi connectivity index (χ0v) is 13.6. The van der Waals surface area contributed by atoms with Gasteiger partial charge in [0, 0.05) is 0 Å². The molecule has 1 unspecified atom stereocenters. The summed E-state index contributed by atoms with van der Waals surface area (Å²) in [7, 11) is -3.26. The van der Waals surface area contributed by atoms with Gasteiger partial charge in [-0.05, 0) is 30.2 Å². The summed E-state index contributed by atoms with van der Waals surface area (Å²) in [5.41, 5.74) is 2.22. The first-order valence-electron chi connectivity index (χ1n) is 6.43. The van der Waals surface area contributed by atoms with Crippen molar-refractivity contribution in [1.82, 2.24) is 0 Å². The maximum absolute atomic E-state index is 12.2. The molecule has 0 spiro atoms. The first-order chi connectivity index (χ1) is 9.90. The van der Waals surface area contributed by atoms with Crippen LogP contribution in [0.5, 0.6) is 0 Å². The van der Waals surface area contributed by atoms with E-state index in [1.54, 1.807) is 18.2 Å². The molecule has 0 aromatic heterocycles. The van der Waals surface area contributed by atoms with E-state index in [0.717, 1.165) is 11.1 Å². The molecule has 0 radical (unpaired) electrons. The fraction of sp³-hybridized carbons (Fsp3) is 0.200. The number of fused-ring (bicyclic) bond motifs is 1. The van der Waals surface area contributed by atoms with Crippen LogP contribution in [-0.2, 0) is 9.84 Å². The van der Waals surface area contributed by atoms with Crippen LogP contribution < -0.4 is 5.32 Å². The molecule has 0 saturated heterocycles. The van der Waals surface area contributed by atoms with Crippen LogP contribution in [0.25, 0.3) is 0 Å². The van der Waals surface area contributed by atoms with Crippen LogP contribution in [0.15, 0.2) is 41.3 Å². The summed E-state index contributed by atoms with van der Waals surface area (Å²) in [6, 6.07) is 10.2. The zero-order valence-electron chi connectivity index (χ0n) is 11.2. The summed E-state index contributed by atoms with van der Waals surface area (Å²) in [5.74, 6) is 0.00689. The Hall–Kier alpha value is -1.23. The number of nitrogens with one attached hydrogen (secondary N) is 1. The van der Waals surface area contributed by atoms with Crippen LogP contribution in [-0.4, -0.2) is 14.2 Å². The summed E-state index contributed by atoms with van der Waals surface area (Å²) in [5, 5.41) is 4.18. The SMILES string of the molecule is Cc1ccc(Cl)c(NC2CS(=O)(=O)c3ccccc32)c1Cl. The van der Waals surface area contributed by atoms with Gasteiger partial charge in [-0.1, -0.05) is 47.5 Å². The molecule has 0 aliphatic carbocycles. The average Bonchev–Trinajstić information content (AvgIpc) is 2.71. The molecule has 1 aliphatic rings. The molecule has 6 heteroatoms. The third-order valence-electron chi connectivity index (χ3n) is 3.62. The molecule has 0 bridgehead atoms. The highest BCUT2D eigenvalue weighted by atomic mass is 35.5. The van der Waals surface area contributed by atoms with Crippen molar-refractivity contribution in [1.29, 1.82) is 0 Å². The lowest BCUT2D eigenvalue weighted by atomic mass is 10.1. The Balaban J connectivity index is 2.04. The van der Waals surface area contributed by atoms with Gasteiger partial charge in [-0.15, -0.1) is 0 Å². The summed E-state index contributed by atoms with van der Waals surface area (Å²) >= 11 is 12.5. The van der Waals surface area contributed by atoms with E-state index >= 15 is 0 Å². The minimum Gasteiger partial charge on any atom is -0.375 e. The topological polar surface area (TPSA) is 46.2 Å². The fourth-order valence-electron chi connectivity index (χ4n) is 2.53. The largest absolute Gasteiger partial charge is 0.375 e. The molecule has 1 N–H and O–H groups in total. The monoisotopic (exact) mass is 341 g/mol. The number of hydrogen-bond donors (Lipinski definition) is 1. The number of hydrogen-bond acceptors (Lipinski definition) is 3. The number of anilines is 1. The standard InChI is InChI=1S/C15H13Cl2NO2S/c1-9-6-7-11(16)15(14(9)17)18-12-8-21(19,20)13-5-3-2-4-10(12)13/h2-7,12,18H,8H2,1H3. The minimum absolute atomic E-state index is 0.00689. The van der Waals surface area contributed by atoms with Crippen LogP contribution >= 0.6 is 23.2 Å². The van der Waals surface area contributed by atoms with Gasteiger partial charge in [0.2, 0.25) is 0 Å². The maximum atomic E-state index is 12.2. The summed E-state index contributed by atoms with van der Waals surface area (Å²) < 4.78 is 24.4. The Morgan fingerprint density at radius 1 is 1.14 bits per heavy atom. The Labute approximate surface area is 133 Å². The van der Waals surface area contributed by atoms with Gasteiger partial charge in [-0.25, -0.2) is 8.42 Å². The molecule has 3 rings (SSSR count). The zero-order chi connectivity index (χ0) is 15.2. The Morgan fingerprint density at radius 3 is 2.62 bits per heavy atom. The summed E-state index contributed by atoms with van der Waals surface area (Å²) in [6.45, 7) is 1.88. The van der Waals surface area contributed by atoms with E-state index in [0.29, 0.717) is 20.6 Å². The quantitative estimate of drug-likeness (QED) is 0.888. The van der Waals surface area contributed by atoms with E-state index < -0.39 is 9.84 Å². The second kappa shape index (κ2) is 5.20. The second-order valence-electron chi connectivity index (χ2n) is 5.07. The molecule has 1 aliphatic heterocycles. The highest BCUT2D eigenvalue weighted by Gasteiger charge is 2.34. The molecule has 0 fully saturated rings. The van der Waals surface area contributed by atoms with Crippen molar-refractivity contribution in [2.24, 2.45) is 0 Å². The third-order valence-corrected chi connectivity index (χ3v) is 6.23. The molecule has 2 aromatic rings. The van der Waals surface area contributed by atoms with E-state index in [1.165, 1.54) is 0 Å². The third kappa shape index (κ3) is 2.52. The Kier molecular flexibility index (Phi) is 3.64. The molecule has 0 saturated carbocycles. The van der Waals surface area contributed by atoms with Gasteiger partial charge < -0.3 is 5.32 Å². The van der Waals surface area contributed by atoms with Crippen molar-refractivity contribution in [2.45, 2.75) is 17.9 Å². The predicted octanol–water partition coefficient (Wildman–Crippen LogP) is 4.24. The molecule has 1 heterocycles. The van der Waals surface area contributed by atoms with Gasteiger partial charge in [0.1, 0.15) is 0 Å². The van der Waals surface area contributed by atoms with Crippen molar-refractivity contribution in [3.63, 3.8) is 0 Å². The van der Waals surface area contributed by atoms with E-state index in [9.17, 15) is 8.42 Å². The van der Waals surface area contributed by atoms with Gasteiger partial charge in [0.05, 0.1) is 32.4 Å². The Bertz CT molecular complexity index is 818. The minimum atomic E-state index is -3.26. The van der Waals surface area contributed by atoms with Crippen molar-refractivity contribution in [3.05, 3.63) is 57.6 Å². The predicted molar refractivity (Wildman–Crippen MR) is 86.1 cm³/mol. The number of benzene rings is 2. The fourth-order valence-corrected chi connectivity index (χ4v) is 4.75. The molecule has 21 heavy (non-hydrogen) atoms. The average molecular weight is 342 g/mol. The van der Waals surface area contributed by atoms with E-state index in [2.05, 4.69) is 5.32 Å². The van der Waals surface area contributed by atoms with Crippen molar-refractivity contribution in [3.8, 4) is 0 Å². The number of sulfone groups is 1. The van der Waals surface area contributed by atoms with E-state index in [1.807, 2.05) is 25.1 Å². The molecule has 3 nitrogen and oxygen atoms in total. The van der Waals surface area contributed by atoms with Gasteiger partial charge >= 0.3 is 0 Å². The summed E-state index contributed by atoms with van der Waals surface area (Å²) in [6.07, 6.45) is 0. The van der Waals surface area contributed by atoms with Crippen LogP contribution in [0.1, 0.15) is 17.2 Å². The second-order valence-corrected chi connectivity index (χ2v) is 7.86. The molecule has 2 aromatic carbocycles. The van der Waals surface area contributed by atoms with Crippen LogP contribution in [0.2, 0.25) is 10.0 Å². The van der Waals surface area contributed by atoms with Crippen LogP contribution in [0, 0.1) is 6.92 Å². The molecule has 0 amide bonds. The van der Waals surface area contributed by atoms with Crippen molar-refractivity contribution in [2.75, 3.05) is 11.1 Å². The van der Waals surface area contributed by atoms with Gasteiger partial charge in [0.25, 0.3) is 0 Å². The smallest absolute Gasteiger partial charge is 0.181 e. The van der Waals surface area contributed by atoms with Gasteiger partial charge in [-0.2, -0.15) is 0 Å². The normalized spacial score (nSPS) is 19.3. The van der Waals surface area contributed by atoms with Crippen LogP contribution in [0.3, 0.4) is 0 Å². The molecular weight excluding hydrogens is 329 g/mol. The maximum Gasteiger partial charge on any atom is 0.181 e. The van der Waals surface area contributed by atoms with Crippen LogP contribution in [0.4, 0.5) is 5.69 Å². The highest BCUT2D eigenvalue weighted by molar-refractivity contribution is 7.91.